The minimum Gasteiger partial charge on any atom is -0.296 e. The number of aromatic nitrogens is 2. The van der Waals surface area contributed by atoms with Gasteiger partial charge in [-0.1, -0.05) is 37.3 Å². The summed E-state index contributed by atoms with van der Waals surface area (Å²) >= 11 is 1.17. The van der Waals surface area contributed by atoms with E-state index in [4.69, 9.17) is 0 Å². The number of hydrogen-bond donors (Lipinski definition) is 1. The Bertz CT molecular complexity index is 740. The van der Waals surface area contributed by atoms with E-state index in [2.05, 4.69) is 15.5 Å². The summed E-state index contributed by atoms with van der Waals surface area (Å²) in [5.74, 6) is -0.203. The SMILES string of the molecule is CC(C)CCS(=O)(=O)c1ccccc1C(=O)Nc1nncs1. The Labute approximate surface area is 133 Å². The zero-order valence-electron chi connectivity index (χ0n) is 12.3. The van der Waals surface area contributed by atoms with Crippen molar-refractivity contribution in [2.24, 2.45) is 5.92 Å². The molecule has 1 N–H and O–H groups in total. The second-order valence-corrected chi connectivity index (χ2v) is 8.11. The van der Waals surface area contributed by atoms with Gasteiger partial charge in [-0.2, -0.15) is 0 Å². The number of carbonyl (C=O) groups is 1. The van der Waals surface area contributed by atoms with Crippen molar-refractivity contribution in [1.82, 2.24) is 10.2 Å². The second kappa shape index (κ2) is 6.97. The Morgan fingerprint density at radius 2 is 2.05 bits per heavy atom. The number of rotatable bonds is 6. The molecule has 0 radical (unpaired) electrons. The van der Waals surface area contributed by atoms with Crippen molar-refractivity contribution in [3.63, 3.8) is 0 Å². The lowest BCUT2D eigenvalue weighted by molar-refractivity contribution is 0.102. The van der Waals surface area contributed by atoms with E-state index < -0.39 is 15.7 Å². The highest BCUT2D eigenvalue weighted by atomic mass is 32.2. The molecule has 6 nitrogen and oxygen atoms in total. The molecular weight excluding hydrogens is 322 g/mol. The smallest absolute Gasteiger partial charge is 0.258 e. The van der Waals surface area contributed by atoms with E-state index in [0.29, 0.717) is 11.6 Å². The van der Waals surface area contributed by atoms with Crippen LogP contribution >= 0.6 is 11.3 Å². The Kier molecular flexibility index (Phi) is 5.25. The molecule has 0 spiro atoms. The van der Waals surface area contributed by atoms with Crippen molar-refractivity contribution in [3.8, 4) is 0 Å². The lowest BCUT2D eigenvalue weighted by atomic mass is 10.2. The highest BCUT2D eigenvalue weighted by Crippen LogP contribution is 2.20. The zero-order chi connectivity index (χ0) is 16.2. The van der Waals surface area contributed by atoms with Crippen molar-refractivity contribution in [3.05, 3.63) is 35.3 Å². The minimum atomic E-state index is -3.50. The third kappa shape index (κ3) is 4.11. The molecule has 1 aromatic carbocycles. The van der Waals surface area contributed by atoms with Crippen molar-refractivity contribution in [1.29, 1.82) is 0 Å². The summed E-state index contributed by atoms with van der Waals surface area (Å²) in [5.41, 5.74) is 1.61. The number of benzene rings is 1. The summed E-state index contributed by atoms with van der Waals surface area (Å²) in [4.78, 5) is 12.3. The molecule has 1 aromatic heterocycles. The number of nitrogens with zero attached hydrogens (tertiary/aromatic N) is 2. The highest BCUT2D eigenvalue weighted by molar-refractivity contribution is 7.91. The standard InChI is InChI=1S/C14H17N3O3S2/c1-10(2)7-8-22(19,20)12-6-4-3-5-11(12)13(18)16-14-17-15-9-21-14/h3-6,9-10H,7-8H2,1-2H3,(H,16,17,18). The summed E-state index contributed by atoms with van der Waals surface area (Å²) in [6.45, 7) is 3.92. The average Bonchev–Trinajstić information content (AvgIpc) is 2.98. The lowest BCUT2D eigenvalue weighted by Crippen LogP contribution is -2.18. The first-order valence-electron chi connectivity index (χ1n) is 6.79. The average molecular weight is 339 g/mol. The topological polar surface area (TPSA) is 89.0 Å². The van der Waals surface area contributed by atoms with Gasteiger partial charge in [0.1, 0.15) is 5.51 Å². The maximum Gasteiger partial charge on any atom is 0.258 e. The molecule has 0 atom stereocenters. The van der Waals surface area contributed by atoms with E-state index in [1.807, 2.05) is 13.8 Å². The van der Waals surface area contributed by atoms with Gasteiger partial charge < -0.3 is 0 Å². The fourth-order valence-corrected chi connectivity index (χ4v) is 4.04. The molecule has 0 saturated carbocycles. The first-order valence-corrected chi connectivity index (χ1v) is 9.32. The molecule has 0 saturated heterocycles. The summed E-state index contributed by atoms with van der Waals surface area (Å²) in [5, 5.41) is 10.2. The Balaban J connectivity index is 2.28. The fraction of sp³-hybridized carbons (Fsp3) is 0.357. The summed E-state index contributed by atoms with van der Waals surface area (Å²) in [6, 6.07) is 6.21. The van der Waals surface area contributed by atoms with Gasteiger partial charge in [-0.05, 0) is 24.5 Å². The van der Waals surface area contributed by atoms with Crippen LogP contribution in [-0.4, -0.2) is 30.3 Å². The van der Waals surface area contributed by atoms with Crippen LogP contribution < -0.4 is 5.32 Å². The van der Waals surface area contributed by atoms with Crippen molar-refractivity contribution in [2.45, 2.75) is 25.2 Å². The summed E-state index contributed by atoms with van der Waals surface area (Å²) in [6.07, 6.45) is 0.550. The number of sulfone groups is 1. The van der Waals surface area contributed by atoms with E-state index in [-0.39, 0.29) is 22.1 Å². The monoisotopic (exact) mass is 339 g/mol. The van der Waals surface area contributed by atoms with Gasteiger partial charge in [0.2, 0.25) is 5.13 Å². The van der Waals surface area contributed by atoms with Gasteiger partial charge in [-0.15, -0.1) is 10.2 Å². The van der Waals surface area contributed by atoms with E-state index in [0.717, 1.165) is 0 Å². The van der Waals surface area contributed by atoms with Crippen LogP contribution in [0.4, 0.5) is 5.13 Å². The van der Waals surface area contributed by atoms with Gasteiger partial charge >= 0.3 is 0 Å². The van der Waals surface area contributed by atoms with Gasteiger partial charge in [-0.25, -0.2) is 8.42 Å². The predicted molar refractivity (Wildman–Crippen MR) is 85.8 cm³/mol. The van der Waals surface area contributed by atoms with Crippen molar-refractivity contribution >= 4 is 32.2 Å². The fourth-order valence-electron chi connectivity index (χ4n) is 1.82. The Hall–Kier alpha value is -1.80. The van der Waals surface area contributed by atoms with Crippen molar-refractivity contribution < 1.29 is 13.2 Å². The maximum absolute atomic E-state index is 12.5. The van der Waals surface area contributed by atoms with E-state index in [9.17, 15) is 13.2 Å². The zero-order valence-corrected chi connectivity index (χ0v) is 13.9. The highest BCUT2D eigenvalue weighted by Gasteiger charge is 2.22. The molecule has 1 amide bonds. The summed E-state index contributed by atoms with van der Waals surface area (Å²) in [7, 11) is -3.50. The number of anilines is 1. The lowest BCUT2D eigenvalue weighted by Gasteiger charge is -2.11. The van der Waals surface area contributed by atoms with E-state index in [1.54, 1.807) is 12.1 Å². The molecule has 8 heteroatoms. The van der Waals surface area contributed by atoms with Crippen LogP contribution in [0.2, 0.25) is 0 Å². The molecule has 0 aliphatic heterocycles. The molecule has 0 aliphatic rings. The van der Waals surface area contributed by atoms with Crippen LogP contribution in [0.25, 0.3) is 0 Å². The molecule has 0 bridgehead atoms. The molecule has 2 rings (SSSR count). The first-order chi connectivity index (χ1) is 10.4. The van der Waals surface area contributed by atoms with Crippen LogP contribution in [0.1, 0.15) is 30.6 Å². The Morgan fingerprint density at radius 1 is 1.32 bits per heavy atom. The molecule has 0 fully saturated rings. The maximum atomic E-state index is 12.5. The van der Waals surface area contributed by atoms with Gasteiger partial charge in [0.25, 0.3) is 5.91 Å². The molecule has 1 heterocycles. The molecule has 2 aromatic rings. The van der Waals surface area contributed by atoms with E-state index in [1.165, 1.54) is 29.0 Å². The number of amides is 1. The predicted octanol–water partition coefficient (Wildman–Crippen LogP) is 2.61. The van der Waals surface area contributed by atoms with Gasteiger partial charge in [0.15, 0.2) is 9.84 Å². The first kappa shape index (κ1) is 16.6. The van der Waals surface area contributed by atoms with Gasteiger partial charge in [-0.3, -0.25) is 10.1 Å². The van der Waals surface area contributed by atoms with Crippen LogP contribution in [0, 0.1) is 5.92 Å². The second-order valence-electron chi connectivity index (χ2n) is 5.20. The summed E-state index contributed by atoms with van der Waals surface area (Å²) < 4.78 is 24.9. The van der Waals surface area contributed by atoms with Gasteiger partial charge in [0, 0.05) is 0 Å². The normalized spacial score (nSPS) is 11.6. The molecule has 22 heavy (non-hydrogen) atoms. The van der Waals surface area contributed by atoms with Crippen LogP contribution in [0.3, 0.4) is 0 Å². The molecule has 0 aliphatic carbocycles. The molecule has 0 unspecified atom stereocenters. The minimum absolute atomic E-state index is 0.0216. The number of hydrogen-bond acceptors (Lipinski definition) is 6. The number of carbonyl (C=O) groups excluding carboxylic acids is 1. The Morgan fingerprint density at radius 3 is 2.68 bits per heavy atom. The van der Waals surface area contributed by atoms with Crippen molar-refractivity contribution in [2.75, 3.05) is 11.1 Å². The third-order valence-corrected chi connectivity index (χ3v) is 5.42. The largest absolute Gasteiger partial charge is 0.296 e. The van der Waals surface area contributed by atoms with Crippen LogP contribution in [0.15, 0.2) is 34.7 Å². The number of nitrogens with one attached hydrogen (secondary N) is 1. The third-order valence-electron chi connectivity index (χ3n) is 3.01. The van der Waals surface area contributed by atoms with Gasteiger partial charge in [0.05, 0.1) is 16.2 Å². The van der Waals surface area contributed by atoms with E-state index >= 15 is 0 Å². The molecular formula is C14H17N3O3S2. The quantitative estimate of drug-likeness (QED) is 0.874. The molecule has 118 valence electrons. The van der Waals surface area contributed by atoms with Crippen LogP contribution in [0.5, 0.6) is 0 Å². The van der Waals surface area contributed by atoms with Crippen LogP contribution in [-0.2, 0) is 9.84 Å².